The van der Waals surface area contributed by atoms with Gasteiger partial charge in [-0.3, -0.25) is 4.79 Å². The Morgan fingerprint density at radius 1 is 1.40 bits per heavy atom. The molecular formula is C19H26N4O2. The summed E-state index contributed by atoms with van der Waals surface area (Å²) in [6.45, 7) is 4.65. The van der Waals surface area contributed by atoms with Crippen LogP contribution in [-0.4, -0.2) is 41.6 Å². The van der Waals surface area contributed by atoms with Gasteiger partial charge in [-0.05, 0) is 50.8 Å². The number of carbonyl (C=O) groups excluding carboxylic acids is 1. The monoisotopic (exact) mass is 342 g/mol. The predicted molar refractivity (Wildman–Crippen MR) is 96.6 cm³/mol. The average molecular weight is 342 g/mol. The summed E-state index contributed by atoms with van der Waals surface area (Å²) in [7, 11) is 3.96. The maximum absolute atomic E-state index is 12.8. The molecule has 3 rings (SSSR count). The van der Waals surface area contributed by atoms with Crippen molar-refractivity contribution in [3.05, 3.63) is 40.9 Å². The van der Waals surface area contributed by atoms with Gasteiger partial charge in [-0.1, -0.05) is 5.16 Å². The minimum absolute atomic E-state index is 0.152. The molecule has 1 amide bonds. The molecule has 25 heavy (non-hydrogen) atoms. The Bertz CT molecular complexity index is 734. The van der Waals surface area contributed by atoms with E-state index in [9.17, 15) is 4.79 Å². The molecule has 0 unspecified atom stereocenters. The second kappa shape index (κ2) is 7.25. The number of nitrogens with zero attached hydrogens (tertiary/aromatic N) is 4. The molecule has 1 aliphatic rings. The molecule has 3 heterocycles. The maximum atomic E-state index is 12.8. The largest absolute Gasteiger partial charge is 0.363 e. The van der Waals surface area contributed by atoms with Crippen LogP contribution in [0.2, 0.25) is 0 Å². The normalized spacial score (nSPS) is 17.1. The van der Waals surface area contributed by atoms with Crippen molar-refractivity contribution < 1.29 is 9.32 Å². The Morgan fingerprint density at radius 3 is 2.88 bits per heavy atom. The smallest absolute Gasteiger partial charge is 0.223 e. The quantitative estimate of drug-likeness (QED) is 0.836. The highest BCUT2D eigenvalue weighted by Crippen LogP contribution is 2.33. The van der Waals surface area contributed by atoms with E-state index in [1.165, 1.54) is 5.56 Å². The van der Waals surface area contributed by atoms with Gasteiger partial charge in [-0.15, -0.1) is 0 Å². The van der Waals surface area contributed by atoms with Gasteiger partial charge in [0.2, 0.25) is 5.91 Å². The van der Waals surface area contributed by atoms with Crippen LogP contribution in [0.25, 0.3) is 0 Å². The van der Waals surface area contributed by atoms with Crippen molar-refractivity contribution in [3.8, 4) is 0 Å². The summed E-state index contributed by atoms with van der Waals surface area (Å²) in [5.74, 6) is 1.94. The molecule has 6 heteroatoms. The van der Waals surface area contributed by atoms with Crippen molar-refractivity contribution in [2.75, 3.05) is 25.5 Å². The van der Waals surface area contributed by atoms with Gasteiger partial charge in [-0.25, -0.2) is 4.98 Å². The van der Waals surface area contributed by atoms with E-state index in [4.69, 9.17) is 4.52 Å². The van der Waals surface area contributed by atoms with E-state index in [0.717, 1.165) is 42.2 Å². The van der Waals surface area contributed by atoms with E-state index < -0.39 is 0 Å². The number of rotatable bonds is 5. The lowest BCUT2D eigenvalue weighted by Crippen LogP contribution is -2.31. The topological polar surface area (TPSA) is 62.5 Å². The van der Waals surface area contributed by atoms with Crippen LogP contribution in [0.5, 0.6) is 0 Å². The lowest BCUT2D eigenvalue weighted by Gasteiger charge is -2.26. The molecule has 1 atom stereocenters. The van der Waals surface area contributed by atoms with Gasteiger partial charge in [0.1, 0.15) is 11.6 Å². The van der Waals surface area contributed by atoms with E-state index in [1.807, 2.05) is 50.0 Å². The molecule has 0 spiro atoms. The molecule has 0 saturated carbocycles. The first-order valence-corrected chi connectivity index (χ1v) is 8.82. The molecule has 0 aromatic carbocycles. The molecule has 0 radical (unpaired) electrons. The van der Waals surface area contributed by atoms with Crippen molar-refractivity contribution in [3.63, 3.8) is 0 Å². The summed E-state index contributed by atoms with van der Waals surface area (Å²) in [6, 6.07) is 4.26. The standard InChI is InChI=1S/C19H26N4O2/c1-13-16(14(2)25-21-13)7-8-19(24)23-11-5-6-17(23)15-9-10-20-18(12-15)22(3)4/h9-10,12,17H,5-8,11H2,1-4H3/t17-/m1/s1. The summed E-state index contributed by atoms with van der Waals surface area (Å²) >= 11 is 0. The predicted octanol–water partition coefficient (Wildman–Crippen LogP) is 3.05. The second-order valence-electron chi connectivity index (χ2n) is 6.89. The van der Waals surface area contributed by atoms with Crippen LogP contribution < -0.4 is 4.90 Å². The number of hydrogen-bond donors (Lipinski definition) is 0. The van der Waals surface area contributed by atoms with Gasteiger partial charge in [0.15, 0.2) is 0 Å². The van der Waals surface area contributed by atoms with Crippen molar-refractivity contribution in [2.45, 2.75) is 45.6 Å². The average Bonchev–Trinajstić information content (AvgIpc) is 3.20. The lowest BCUT2D eigenvalue weighted by molar-refractivity contribution is -0.132. The summed E-state index contributed by atoms with van der Waals surface area (Å²) in [5, 5.41) is 3.97. The fourth-order valence-corrected chi connectivity index (χ4v) is 3.53. The van der Waals surface area contributed by atoms with E-state index in [2.05, 4.69) is 16.2 Å². The number of hydrogen-bond acceptors (Lipinski definition) is 5. The molecular weight excluding hydrogens is 316 g/mol. The highest BCUT2D eigenvalue weighted by molar-refractivity contribution is 5.77. The minimum Gasteiger partial charge on any atom is -0.363 e. The van der Waals surface area contributed by atoms with Crippen LogP contribution in [0, 0.1) is 13.8 Å². The van der Waals surface area contributed by atoms with Crippen LogP contribution in [-0.2, 0) is 11.2 Å². The van der Waals surface area contributed by atoms with Crippen LogP contribution in [0.15, 0.2) is 22.9 Å². The Labute approximate surface area is 148 Å². The molecule has 1 fully saturated rings. The number of pyridine rings is 1. The number of aryl methyl sites for hydroxylation is 2. The van der Waals surface area contributed by atoms with Gasteiger partial charge in [0.25, 0.3) is 0 Å². The van der Waals surface area contributed by atoms with E-state index in [0.29, 0.717) is 12.8 Å². The first-order chi connectivity index (χ1) is 12.0. The zero-order chi connectivity index (χ0) is 18.0. The SMILES string of the molecule is Cc1noc(C)c1CCC(=O)N1CCC[C@@H]1c1ccnc(N(C)C)c1. The van der Waals surface area contributed by atoms with Crippen molar-refractivity contribution >= 4 is 11.7 Å². The number of amides is 1. The third-order valence-electron chi connectivity index (χ3n) is 4.96. The molecule has 0 bridgehead atoms. The highest BCUT2D eigenvalue weighted by atomic mass is 16.5. The zero-order valence-corrected chi connectivity index (χ0v) is 15.5. The minimum atomic E-state index is 0.152. The van der Waals surface area contributed by atoms with Crippen LogP contribution in [0.4, 0.5) is 5.82 Å². The number of carbonyl (C=O) groups is 1. The fourth-order valence-electron chi connectivity index (χ4n) is 3.53. The molecule has 0 N–H and O–H groups in total. The Kier molecular flexibility index (Phi) is 5.06. The molecule has 0 aliphatic carbocycles. The molecule has 1 aliphatic heterocycles. The third kappa shape index (κ3) is 3.67. The Morgan fingerprint density at radius 2 is 2.20 bits per heavy atom. The van der Waals surface area contributed by atoms with Crippen molar-refractivity contribution in [2.24, 2.45) is 0 Å². The van der Waals surface area contributed by atoms with Crippen LogP contribution in [0.3, 0.4) is 0 Å². The molecule has 1 saturated heterocycles. The first-order valence-electron chi connectivity index (χ1n) is 8.82. The summed E-state index contributed by atoms with van der Waals surface area (Å²) in [4.78, 5) is 21.2. The van der Waals surface area contributed by atoms with Crippen molar-refractivity contribution in [1.29, 1.82) is 0 Å². The summed E-state index contributed by atoms with van der Waals surface area (Å²) < 4.78 is 5.19. The first kappa shape index (κ1) is 17.5. The van der Waals surface area contributed by atoms with Gasteiger partial charge >= 0.3 is 0 Å². The number of likely N-dealkylation sites (tertiary alicyclic amines) is 1. The lowest BCUT2D eigenvalue weighted by atomic mass is 10.0. The van der Waals surface area contributed by atoms with Gasteiger partial charge < -0.3 is 14.3 Å². The molecule has 134 valence electrons. The molecule has 6 nitrogen and oxygen atoms in total. The molecule has 2 aromatic heterocycles. The van der Waals surface area contributed by atoms with Crippen LogP contribution in [0.1, 0.15) is 47.9 Å². The number of anilines is 1. The van der Waals surface area contributed by atoms with Gasteiger partial charge in [0.05, 0.1) is 11.7 Å². The van der Waals surface area contributed by atoms with E-state index in [-0.39, 0.29) is 11.9 Å². The molecule has 2 aromatic rings. The van der Waals surface area contributed by atoms with E-state index >= 15 is 0 Å². The summed E-state index contributed by atoms with van der Waals surface area (Å²) in [6.07, 6.45) is 5.05. The van der Waals surface area contributed by atoms with Crippen LogP contribution >= 0.6 is 0 Å². The Balaban J connectivity index is 1.71. The number of aromatic nitrogens is 2. The second-order valence-corrected chi connectivity index (χ2v) is 6.89. The van der Waals surface area contributed by atoms with E-state index in [1.54, 1.807) is 0 Å². The highest BCUT2D eigenvalue weighted by Gasteiger charge is 2.30. The zero-order valence-electron chi connectivity index (χ0n) is 15.5. The Hall–Kier alpha value is -2.37. The van der Waals surface area contributed by atoms with Gasteiger partial charge in [0, 0.05) is 38.8 Å². The maximum Gasteiger partial charge on any atom is 0.223 e. The van der Waals surface area contributed by atoms with Gasteiger partial charge in [-0.2, -0.15) is 0 Å². The van der Waals surface area contributed by atoms with Crippen molar-refractivity contribution in [1.82, 2.24) is 15.0 Å². The third-order valence-corrected chi connectivity index (χ3v) is 4.96. The summed E-state index contributed by atoms with van der Waals surface area (Å²) in [5.41, 5.74) is 3.11. The fraction of sp³-hybridized carbons (Fsp3) is 0.526.